The van der Waals surface area contributed by atoms with Gasteiger partial charge in [-0.05, 0) is 51.1 Å². The summed E-state index contributed by atoms with van der Waals surface area (Å²) in [4.78, 5) is 25.6. The molecule has 3 heterocycles. The van der Waals surface area contributed by atoms with E-state index in [1.165, 1.54) is 0 Å². The Bertz CT molecular complexity index is 1040. The van der Waals surface area contributed by atoms with Gasteiger partial charge in [-0.25, -0.2) is 4.98 Å². The molecule has 2 fully saturated rings. The van der Waals surface area contributed by atoms with Gasteiger partial charge >= 0.3 is 0 Å². The van der Waals surface area contributed by atoms with Crippen LogP contribution in [0.25, 0.3) is 0 Å². The van der Waals surface area contributed by atoms with Crippen LogP contribution < -0.4 is 15.5 Å². The van der Waals surface area contributed by atoms with E-state index in [2.05, 4.69) is 25.5 Å². The highest BCUT2D eigenvalue weighted by molar-refractivity contribution is 6.35. The summed E-state index contributed by atoms with van der Waals surface area (Å²) in [5.41, 5.74) is 0.864. The van der Waals surface area contributed by atoms with Crippen LogP contribution in [0.5, 0.6) is 0 Å². The van der Waals surface area contributed by atoms with E-state index in [-0.39, 0.29) is 23.9 Å². The molecule has 2 aliphatic rings. The Hall–Kier alpha value is -1.84. The van der Waals surface area contributed by atoms with Gasteiger partial charge in [0.1, 0.15) is 5.02 Å². The Morgan fingerprint density at radius 1 is 1.18 bits per heavy atom. The summed E-state index contributed by atoms with van der Waals surface area (Å²) >= 11 is 18.7. The van der Waals surface area contributed by atoms with E-state index >= 15 is 0 Å². The number of piperidine rings is 1. The average molecular weight is 528 g/mol. The van der Waals surface area contributed by atoms with Gasteiger partial charge in [0.25, 0.3) is 0 Å². The van der Waals surface area contributed by atoms with Crippen molar-refractivity contribution in [2.24, 2.45) is 5.92 Å². The third-order valence-electron chi connectivity index (χ3n) is 6.47. The first-order valence-corrected chi connectivity index (χ1v) is 12.5. The van der Waals surface area contributed by atoms with Crippen molar-refractivity contribution in [3.63, 3.8) is 0 Å². The quantitative estimate of drug-likeness (QED) is 0.528. The Balaban J connectivity index is 1.39. The minimum Gasteiger partial charge on any atom is -0.389 e. The number of hydrogen-bond acceptors (Lipinski definition) is 7. The number of benzene rings is 1. The second-order valence-electron chi connectivity index (χ2n) is 9.06. The number of carbonyl (C=O) groups is 1. The van der Waals surface area contributed by atoms with E-state index in [9.17, 15) is 9.90 Å². The highest BCUT2D eigenvalue weighted by Gasteiger charge is 2.33. The summed E-state index contributed by atoms with van der Waals surface area (Å²) in [7, 11) is 2.01. The molecule has 8 nitrogen and oxygen atoms in total. The number of β-amino-alcohol motifs (C(OH)–C–C–N with tert-alkyl or cyclic N) is 1. The number of aliphatic hydroxyl groups excluding tert-OH is 1. The molecule has 1 aromatic heterocycles. The maximum absolute atomic E-state index is 12.6. The van der Waals surface area contributed by atoms with Crippen LogP contribution in [0.2, 0.25) is 15.1 Å². The van der Waals surface area contributed by atoms with Gasteiger partial charge in [-0.3, -0.25) is 4.79 Å². The number of aliphatic hydroxyl groups is 1. The second kappa shape index (κ2) is 10.8. The van der Waals surface area contributed by atoms with Crippen molar-refractivity contribution in [2.75, 3.05) is 43.4 Å². The van der Waals surface area contributed by atoms with Crippen LogP contribution in [-0.4, -0.2) is 71.3 Å². The molecule has 11 heteroatoms. The number of nitrogens with zero attached hydrogens (tertiary/aromatic N) is 4. The lowest BCUT2D eigenvalue weighted by atomic mass is 10.00. The fraction of sp³-hybridized carbons (Fsp3) is 0.522. The van der Waals surface area contributed by atoms with Crippen LogP contribution in [0, 0.1) is 5.92 Å². The topological polar surface area (TPSA) is 93.6 Å². The van der Waals surface area contributed by atoms with Gasteiger partial charge in [0.15, 0.2) is 5.82 Å². The number of hydrogen-bond donors (Lipinski definition) is 3. The molecule has 34 heavy (non-hydrogen) atoms. The van der Waals surface area contributed by atoms with E-state index in [0.717, 1.165) is 25.1 Å². The molecule has 2 aliphatic heterocycles. The molecule has 184 valence electrons. The molecule has 4 rings (SSSR count). The number of amides is 1. The van der Waals surface area contributed by atoms with E-state index in [0.29, 0.717) is 46.3 Å². The zero-order valence-corrected chi connectivity index (χ0v) is 21.4. The molecule has 0 aliphatic carbocycles. The fourth-order valence-electron chi connectivity index (χ4n) is 4.48. The van der Waals surface area contributed by atoms with Crippen molar-refractivity contribution in [1.29, 1.82) is 0 Å². The molecule has 3 N–H and O–H groups in total. The number of anilines is 2. The van der Waals surface area contributed by atoms with Gasteiger partial charge < -0.3 is 25.5 Å². The first-order valence-electron chi connectivity index (χ1n) is 11.4. The summed E-state index contributed by atoms with van der Waals surface area (Å²) in [6.45, 7) is 4.55. The molecule has 0 radical (unpaired) electrons. The molecule has 1 amide bonds. The molecule has 2 saturated heterocycles. The summed E-state index contributed by atoms with van der Waals surface area (Å²) in [6, 6.07) is 4.87. The minimum absolute atomic E-state index is 0.0143. The molecule has 0 saturated carbocycles. The van der Waals surface area contributed by atoms with Gasteiger partial charge in [-0.2, -0.15) is 4.98 Å². The maximum atomic E-state index is 12.6. The highest BCUT2D eigenvalue weighted by atomic mass is 35.5. The summed E-state index contributed by atoms with van der Waals surface area (Å²) in [5.74, 6) is 0.938. The molecular weight excluding hydrogens is 499 g/mol. The van der Waals surface area contributed by atoms with E-state index in [1.807, 2.05) is 24.9 Å². The van der Waals surface area contributed by atoms with Gasteiger partial charge in [-0.15, -0.1) is 0 Å². The van der Waals surface area contributed by atoms with Crippen molar-refractivity contribution in [3.05, 3.63) is 45.0 Å². The van der Waals surface area contributed by atoms with Gasteiger partial charge in [0.05, 0.1) is 30.3 Å². The lowest BCUT2D eigenvalue weighted by Crippen LogP contribution is -2.55. The predicted octanol–water partition coefficient (Wildman–Crippen LogP) is 3.62. The molecule has 2 aromatic rings. The number of carbonyl (C=O) groups excluding carboxylic acids is 1. The summed E-state index contributed by atoms with van der Waals surface area (Å²) in [6.07, 6.45) is 2.27. The number of likely N-dealkylation sites (tertiary alicyclic amines) is 1. The second-order valence-corrected chi connectivity index (χ2v) is 10.3. The van der Waals surface area contributed by atoms with Gasteiger partial charge in [-0.1, -0.05) is 40.9 Å². The third-order valence-corrected chi connectivity index (χ3v) is 7.31. The van der Waals surface area contributed by atoms with E-state index in [1.54, 1.807) is 18.3 Å². The van der Waals surface area contributed by atoms with Crippen LogP contribution in [0.4, 0.5) is 11.8 Å². The predicted molar refractivity (Wildman–Crippen MR) is 136 cm³/mol. The Morgan fingerprint density at radius 2 is 1.97 bits per heavy atom. The van der Waals surface area contributed by atoms with Crippen molar-refractivity contribution in [3.8, 4) is 0 Å². The lowest BCUT2D eigenvalue weighted by molar-refractivity contribution is -0.126. The Morgan fingerprint density at radius 3 is 2.65 bits per heavy atom. The van der Waals surface area contributed by atoms with Crippen molar-refractivity contribution >= 4 is 52.5 Å². The molecule has 1 aromatic carbocycles. The number of rotatable bonds is 6. The Labute approximate surface area is 214 Å². The van der Waals surface area contributed by atoms with Crippen molar-refractivity contribution in [2.45, 2.75) is 38.0 Å². The monoisotopic (exact) mass is 526 g/mol. The largest absolute Gasteiger partial charge is 0.389 e. The molecule has 0 unspecified atom stereocenters. The number of nitrogens with one attached hydrogen (secondary N) is 2. The first-order chi connectivity index (χ1) is 16.2. The lowest BCUT2D eigenvalue weighted by Gasteiger charge is -2.36. The first kappa shape index (κ1) is 25.3. The van der Waals surface area contributed by atoms with Crippen LogP contribution in [0.3, 0.4) is 0 Å². The SMILES string of the molecule is C[C@@H](Nc1nc(N2CC[C@H](NC(=O)[C@H]3CCN(C)C3)[C@@H](O)C2)ncc1Cl)c1ccc(Cl)cc1Cl. The van der Waals surface area contributed by atoms with Crippen LogP contribution in [0.1, 0.15) is 31.4 Å². The van der Waals surface area contributed by atoms with Crippen molar-refractivity contribution in [1.82, 2.24) is 20.2 Å². The molecular formula is C23H29Cl3N6O2. The molecule has 0 bridgehead atoms. The maximum Gasteiger partial charge on any atom is 0.227 e. The minimum atomic E-state index is -0.723. The third kappa shape index (κ3) is 5.86. The Kier molecular flexibility index (Phi) is 8.05. The zero-order chi connectivity index (χ0) is 24.4. The fourth-order valence-corrected chi connectivity index (χ4v) is 5.20. The molecule has 4 atom stereocenters. The van der Waals surface area contributed by atoms with Gasteiger partial charge in [0.2, 0.25) is 11.9 Å². The van der Waals surface area contributed by atoms with Crippen molar-refractivity contribution < 1.29 is 9.90 Å². The van der Waals surface area contributed by atoms with E-state index < -0.39 is 6.10 Å². The van der Waals surface area contributed by atoms with Crippen LogP contribution in [-0.2, 0) is 4.79 Å². The zero-order valence-electron chi connectivity index (χ0n) is 19.1. The summed E-state index contributed by atoms with van der Waals surface area (Å²) in [5, 5.41) is 18.5. The summed E-state index contributed by atoms with van der Waals surface area (Å²) < 4.78 is 0. The van der Waals surface area contributed by atoms with Crippen LogP contribution >= 0.6 is 34.8 Å². The smallest absolute Gasteiger partial charge is 0.227 e. The average Bonchev–Trinajstić information content (AvgIpc) is 3.23. The number of aromatic nitrogens is 2. The number of halogens is 3. The normalized spacial score (nSPS) is 24.2. The highest BCUT2D eigenvalue weighted by Crippen LogP contribution is 2.31. The van der Waals surface area contributed by atoms with Crippen LogP contribution in [0.15, 0.2) is 24.4 Å². The molecule has 0 spiro atoms. The van der Waals surface area contributed by atoms with Gasteiger partial charge in [0, 0.05) is 29.7 Å². The van der Waals surface area contributed by atoms with E-state index in [4.69, 9.17) is 34.8 Å². The standard InChI is InChI=1S/C23H29Cl3N6O2/c1-13(16-4-3-15(24)9-17(16)25)28-21-18(26)10-27-23(30-21)32-8-6-19(20(33)12-32)29-22(34)14-5-7-31(2)11-14/h3-4,9-10,13-14,19-20,33H,5-8,11-12H2,1-2H3,(H,29,34)(H,27,28,30)/t13-,14+,19+,20+/m1/s1.